The number of halogens is 1. The van der Waals surface area contributed by atoms with E-state index in [-0.39, 0.29) is 18.1 Å². The Morgan fingerprint density at radius 3 is 2.75 bits per heavy atom. The monoisotopic (exact) mass is 395 g/mol. The molecule has 144 valence electrons. The minimum atomic E-state index is -0.290. The molecular weight excluding hydrogens is 373 g/mol. The van der Waals surface area contributed by atoms with Crippen LogP contribution in [0.1, 0.15) is 25.0 Å². The Hall–Kier alpha value is -2.73. The van der Waals surface area contributed by atoms with Crippen molar-refractivity contribution in [3.63, 3.8) is 0 Å². The van der Waals surface area contributed by atoms with E-state index in [1.165, 1.54) is 42.7 Å². The van der Waals surface area contributed by atoms with Crippen LogP contribution in [0.3, 0.4) is 0 Å². The van der Waals surface area contributed by atoms with Gasteiger partial charge >= 0.3 is 0 Å². The first-order chi connectivity index (χ1) is 13.7. The maximum Gasteiger partial charge on any atom is 0.230 e. The number of piperidine rings is 1. The highest BCUT2D eigenvalue weighted by molar-refractivity contribution is 7.13. The van der Waals surface area contributed by atoms with E-state index in [2.05, 4.69) is 21.3 Å². The van der Waals surface area contributed by atoms with E-state index in [1.54, 1.807) is 6.07 Å². The van der Waals surface area contributed by atoms with E-state index in [0.29, 0.717) is 5.69 Å². The van der Waals surface area contributed by atoms with Crippen molar-refractivity contribution in [2.45, 2.75) is 25.7 Å². The van der Waals surface area contributed by atoms with Crippen LogP contribution >= 0.6 is 11.3 Å². The number of para-hydroxylation sites is 2. The summed E-state index contributed by atoms with van der Waals surface area (Å²) < 4.78 is 13.4. The van der Waals surface area contributed by atoms with E-state index in [9.17, 15) is 9.18 Å². The van der Waals surface area contributed by atoms with Gasteiger partial charge in [0.05, 0.1) is 23.5 Å². The number of benzene rings is 2. The van der Waals surface area contributed by atoms with Gasteiger partial charge in [-0.3, -0.25) is 4.79 Å². The number of carbonyl (C=O) groups is 1. The second-order valence-electron chi connectivity index (χ2n) is 6.94. The number of hydrogen-bond donors (Lipinski definition) is 1. The number of hydrogen-bond acceptors (Lipinski definition) is 4. The molecule has 0 radical (unpaired) electrons. The van der Waals surface area contributed by atoms with Crippen molar-refractivity contribution >= 4 is 28.6 Å². The normalized spacial score (nSPS) is 14.1. The molecule has 1 aromatic heterocycles. The van der Waals surface area contributed by atoms with Crippen LogP contribution in [0.4, 0.5) is 15.8 Å². The van der Waals surface area contributed by atoms with Gasteiger partial charge in [-0.15, -0.1) is 11.3 Å². The largest absolute Gasteiger partial charge is 0.370 e. The van der Waals surface area contributed by atoms with Gasteiger partial charge in [0.1, 0.15) is 10.8 Å². The summed E-state index contributed by atoms with van der Waals surface area (Å²) in [6.45, 7) is 2.05. The number of nitrogens with one attached hydrogen (secondary N) is 1. The van der Waals surface area contributed by atoms with Gasteiger partial charge in [-0.25, -0.2) is 9.37 Å². The van der Waals surface area contributed by atoms with Gasteiger partial charge in [-0.2, -0.15) is 0 Å². The number of nitrogens with zero attached hydrogens (tertiary/aromatic N) is 2. The molecule has 0 saturated carbocycles. The van der Waals surface area contributed by atoms with Crippen LogP contribution in [0.2, 0.25) is 0 Å². The zero-order chi connectivity index (χ0) is 19.3. The van der Waals surface area contributed by atoms with Crippen LogP contribution in [0.25, 0.3) is 10.6 Å². The van der Waals surface area contributed by atoms with Crippen LogP contribution in [0.5, 0.6) is 0 Å². The molecule has 1 saturated heterocycles. The lowest BCUT2D eigenvalue weighted by atomic mass is 10.1. The topological polar surface area (TPSA) is 45.2 Å². The van der Waals surface area contributed by atoms with E-state index < -0.39 is 0 Å². The summed E-state index contributed by atoms with van der Waals surface area (Å²) >= 11 is 1.42. The van der Waals surface area contributed by atoms with Gasteiger partial charge < -0.3 is 10.2 Å². The molecule has 0 unspecified atom stereocenters. The second kappa shape index (κ2) is 8.52. The summed E-state index contributed by atoms with van der Waals surface area (Å²) in [6, 6.07) is 14.3. The lowest BCUT2D eigenvalue weighted by molar-refractivity contribution is -0.115. The first kappa shape index (κ1) is 18.6. The smallest absolute Gasteiger partial charge is 0.230 e. The molecule has 0 atom stereocenters. The van der Waals surface area contributed by atoms with Crippen LogP contribution in [0, 0.1) is 5.82 Å². The zero-order valence-electron chi connectivity index (χ0n) is 15.5. The first-order valence-electron chi connectivity index (χ1n) is 9.53. The lowest BCUT2D eigenvalue weighted by Crippen LogP contribution is -2.30. The second-order valence-corrected chi connectivity index (χ2v) is 7.80. The molecule has 0 aliphatic carbocycles. The molecule has 1 N–H and O–H groups in total. The fourth-order valence-corrected chi connectivity index (χ4v) is 4.31. The maximum atomic E-state index is 13.4. The minimum absolute atomic E-state index is 0.0967. The molecule has 1 fully saturated rings. The summed E-state index contributed by atoms with van der Waals surface area (Å²) in [5, 5.41) is 5.61. The van der Waals surface area contributed by atoms with Crippen molar-refractivity contribution in [2.75, 3.05) is 23.3 Å². The molecule has 1 aliphatic heterocycles. The SMILES string of the molecule is O=C(Cc1csc(-c2cccc(F)c2)n1)Nc1ccccc1N1CCCCC1. The van der Waals surface area contributed by atoms with Gasteiger partial charge in [-0.1, -0.05) is 24.3 Å². The number of thiazole rings is 1. The molecule has 3 aromatic rings. The molecular formula is C22H22FN3OS. The summed E-state index contributed by atoms with van der Waals surface area (Å²) in [5.41, 5.74) is 3.34. The molecule has 0 spiro atoms. The quantitative estimate of drug-likeness (QED) is 0.652. The number of rotatable bonds is 5. The third-order valence-electron chi connectivity index (χ3n) is 4.84. The number of anilines is 2. The zero-order valence-corrected chi connectivity index (χ0v) is 16.3. The van der Waals surface area contributed by atoms with E-state index in [4.69, 9.17) is 0 Å². The number of carbonyl (C=O) groups excluding carboxylic acids is 1. The first-order valence-corrected chi connectivity index (χ1v) is 10.4. The highest BCUT2D eigenvalue weighted by Gasteiger charge is 2.16. The van der Waals surface area contributed by atoms with Crippen molar-refractivity contribution in [3.05, 3.63) is 65.4 Å². The molecule has 6 heteroatoms. The van der Waals surface area contributed by atoms with Crippen LogP contribution in [-0.4, -0.2) is 24.0 Å². The molecule has 1 aliphatic rings. The highest BCUT2D eigenvalue weighted by Crippen LogP contribution is 2.29. The molecule has 28 heavy (non-hydrogen) atoms. The average Bonchev–Trinajstić information content (AvgIpc) is 3.17. The molecule has 4 nitrogen and oxygen atoms in total. The van der Waals surface area contributed by atoms with Crippen molar-refractivity contribution in [1.82, 2.24) is 4.98 Å². The lowest BCUT2D eigenvalue weighted by Gasteiger charge is -2.30. The van der Waals surface area contributed by atoms with Gasteiger partial charge in [0, 0.05) is 24.0 Å². The molecule has 4 rings (SSSR count). The Balaban J connectivity index is 1.44. The van der Waals surface area contributed by atoms with Crippen molar-refractivity contribution < 1.29 is 9.18 Å². The van der Waals surface area contributed by atoms with Gasteiger partial charge in [-0.05, 0) is 43.5 Å². The highest BCUT2D eigenvalue weighted by atomic mass is 32.1. The third-order valence-corrected chi connectivity index (χ3v) is 5.78. The Morgan fingerprint density at radius 2 is 1.93 bits per heavy atom. The van der Waals surface area contributed by atoms with Crippen molar-refractivity contribution in [2.24, 2.45) is 0 Å². The Morgan fingerprint density at radius 1 is 1.11 bits per heavy atom. The predicted molar refractivity (Wildman–Crippen MR) is 112 cm³/mol. The minimum Gasteiger partial charge on any atom is -0.370 e. The molecule has 2 heterocycles. The number of aromatic nitrogens is 1. The van der Waals surface area contributed by atoms with Gasteiger partial charge in [0.15, 0.2) is 0 Å². The molecule has 0 bridgehead atoms. The summed E-state index contributed by atoms with van der Waals surface area (Å²) in [5.74, 6) is -0.387. The summed E-state index contributed by atoms with van der Waals surface area (Å²) in [7, 11) is 0. The third kappa shape index (κ3) is 4.39. The Kier molecular flexibility index (Phi) is 5.67. The number of amides is 1. The predicted octanol–water partition coefficient (Wildman–Crippen LogP) is 5.12. The van der Waals surface area contributed by atoms with E-state index in [1.807, 2.05) is 29.6 Å². The van der Waals surface area contributed by atoms with E-state index in [0.717, 1.165) is 35.0 Å². The van der Waals surface area contributed by atoms with Gasteiger partial charge in [0.2, 0.25) is 5.91 Å². The Bertz CT molecular complexity index is 966. The standard InChI is InChI=1S/C22H22FN3OS/c23-17-8-6-7-16(13-17)22-24-18(15-28-22)14-21(27)25-19-9-2-3-10-20(19)26-11-4-1-5-12-26/h2-3,6-10,13,15H,1,4-5,11-12,14H2,(H,25,27). The molecule has 2 aromatic carbocycles. The summed E-state index contributed by atoms with van der Waals surface area (Å²) in [6.07, 6.45) is 3.83. The van der Waals surface area contributed by atoms with Crippen LogP contribution in [-0.2, 0) is 11.2 Å². The van der Waals surface area contributed by atoms with Crippen molar-refractivity contribution in [3.8, 4) is 10.6 Å². The van der Waals surface area contributed by atoms with Crippen LogP contribution in [0.15, 0.2) is 53.9 Å². The van der Waals surface area contributed by atoms with Crippen LogP contribution < -0.4 is 10.2 Å². The fraction of sp³-hybridized carbons (Fsp3) is 0.273. The molecule has 1 amide bonds. The fourth-order valence-electron chi connectivity index (χ4n) is 3.49. The van der Waals surface area contributed by atoms with Gasteiger partial charge in [0.25, 0.3) is 0 Å². The van der Waals surface area contributed by atoms with Crippen molar-refractivity contribution in [1.29, 1.82) is 0 Å². The maximum absolute atomic E-state index is 13.4. The average molecular weight is 396 g/mol. The summed E-state index contributed by atoms with van der Waals surface area (Å²) in [4.78, 5) is 19.4. The van der Waals surface area contributed by atoms with E-state index >= 15 is 0 Å². The Labute approximate surface area is 168 Å².